The first kappa shape index (κ1) is 20.2. The smallest absolute Gasteiger partial charge is 0.262 e. The van der Waals surface area contributed by atoms with Crippen molar-refractivity contribution in [3.8, 4) is 0 Å². The van der Waals surface area contributed by atoms with Gasteiger partial charge in [0, 0.05) is 25.8 Å². The van der Waals surface area contributed by atoms with Crippen LogP contribution in [0.15, 0.2) is 52.4 Å². The van der Waals surface area contributed by atoms with Gasteiger partial charge in [0.05, 0.1) is 16.7 Å². The number of thioether (sulfide) groups is 1. The second-order valence-electron chi connectivity index (χ2n) is 6.06. The van der Waals surface area contributed by atoms with Crippen LogP contribution in [0.1, 0.15) is 16.8 Å². The van der Waals surface area contributed by atoms with E-state index in [1.54, 1.807) is 31.4 Å². The van der Waals surface area contributed by atoms with Crippen LogP contribution in [0.3, 0.4) is 0 Å². The third-order valence-electron chi connectivity index (χ3n) is 4.13. The second kappa shape index (κ2) is 9.07. The Morgan fingerprint density at radius 3 is 2.71 bits per heavy atom. The van der Waals surface area contributed by atoms with Crippen molar-refractivity contribution in [1.82, 2.24) is 9.55 Å². The molecular formula is C20H18F2N2O3S. The van der Waals surface area contributed by atoms with Crippen LogP contribution in [0.25, 0.3) is 10.9 Å². The minimum absolute atomic E-state index is 0.0554. The van der Waals surface area contributed by atoms with E-state index >= 15 is 0 Å². The van der Waals surface area contributed by atoms with Gasteiger partial charge < -0.3 is 4.74 Å². The van der Waals surface area contributed by atoms with Crippen LogP contribution in [0.5, 0.6) is 0 Å². The maximum absolute atomic E-state index is 13.4. The fourth-order valence-electron chi connectivity index (χ4n) is 2.71. The summed E-state index contributed by atoms with van der Waals surface area (Å²) < 4.78 is 33.0. The van der Waals surface area contributed by atoms with Crippen LogP contribution in [0.4, 0.5) is 8.78 Å². The molecule has 0 saturated carbocycles. The molecule has 0 aliphatic carbocycles. The number of methoxy groups -OCH3 is 1. The zero-order valence-electron chi connectivity index (χ0n) is 15.2. The van der Waals surface area contributed by atoms with Gasteiger partial charge in [-0.1, -0.05) is 23.9 Å². The SMILES string of the molecule is COCCCn1c(SCC(=O)c2ccc(F)c(F)c2)nc2ccccc2c1=O. The van der Waals surface area contributed by atoms with Crippen LogP contribution in [0, 0.1) is 11.6 Å². The Morgan fingerprint density at radius 2 is 1.96 bits per heavy atom. The normalized spacial score (nSPS) is 11.1. The molecule has 146 valence electrons. The highest BCUT2D eigenvalue weighted by atomic mass is 32.2. The molecule has 0 bridgehead atoms. The zero-order valence-corrected chi connectivity index (χ0v) is 16.0. The Hall–Kier alpha value is -2.58. The fraction of sp³-hybridized carbons (Fsp3) is 0.250. The van der Waals surface area contributed by atoms with E-state index < -0.39 is 11.6 Å². The van der Waals surface area contributed by atoms with Gasteiger partial charge in [0.1, 0.15) is 0 Å². The van der Waals surface area contributed by atoms with Crippen molar-refractivity contribution >= 4 is 28.4 Å². The van der Waals surface area contributed by atoms with Crippen LogP contribution < -0.4 is 5.56 Å². The molecule has 0 fully saturated rings. The van der Waals surface area contributed by atoms with Crippen molar-refractivity contribution < 1.29 is 18.3 Å². The van der Waals surface area contributed by atoms with Crippen LogP contribution in [0.2, 0.25) is 0 Å². The first-order valence-electron chi connectivity index (χ1n) is 8.61. The molecule has 5 nitrogen and oxygen atoms in total. The molecule has 2 aromatic carbocycles. The number of Topliss-reactive ketones (excluding diaryl/α,β-unsaturated/α-hetero) is 1. The van der Waals surface area contributed by atoms with Gasteiger partial charge in [-0.05, 0) is 36.8 Å². The van der Waals surface area contributed by atoms with Crippen molar-refractivity contribution in [3.05, 3.63) is 70.0 Å². The van der Waals surface area contributed by atoms with E-state index in [1.807, 2.05) is 0 Å². The highest BCUT2D eigenvalue weighted by Crippen LogP contribution is 2.20. The number of rotatable bonds is 8. The summed E-state index contributed by atoms with van der Waals surface area (Å²) in [5, 5.41) is 0.895. The molecule has 3 rings (SSSR count). The fourth-order valence-corrected chi connectivity index (χ4v) is 3.62. The number of benzene rings is 2. The van der Waals surface area contributed by atoms with Gasteiger partial charge in [-0.2, -0.15) is 0 Å². The molecule has 0 saturated heterocycles. The molecule has 0 aliphatic heterocycles. The number of ether oxygens (including phenoxy) is 1. The number of para-hydroxylation sites is 1. The molecule has 0 N–H and O–H groups in total. The quantitative estimate of drug-likeness (QED) is 0.248. The van der Waals surface area contributed by atoms with Crippen LogP contribution in [-0.2, 0) is 11.3 Å². The van der Waals surface area contributed by atoms with Gasteiger partial charge in [0.2, 0.25) is 0 Å². The average molecular weight is 404 g/mol. The van der Waals surface area contributed by atoms with Gasteiger partial charge in [0.25, 0.3) is 5.56 Å². The van der Waals surface area contributed by atoms with Crippen LogP contribution in [-0.4, -0.2) is 34.8 Å². The standard InChI is InChI=1S/C20H18F2N2O3S/c1-27-10-4-9-24-19(26)14-5-2-3-6-17(14)23-20(24)28-12-18(25)13-7-8-15(21)16(22)11-13/h2-3,5-8,11H,4,9-10,12H2,1H3. The van der Waals surface area contributed by atoms with Crippen molar-refractivity contribution in [2.75, 3.05) is 19.5 Å². The van der Waals surface area contributed by atoms with E-state index in [0.29, 0.717) is 35.6 Å². The maximum Gasteiger partial charge on any atom is 0.262 e. The van der Waals surface area contributed by atoms with E-state index in [9.17, 15) is 18.4 Å². The van der Waals surface area contributed by atoms with Crippen LogP contribution >= 0.6 is 11.8 Å². The predicted octanol–water partition coefficient (Wildman–Crippen LogP) is 3.69. The summed E-state index contributed by atoms with van der Waals surface area (Å²) in [6, 6.07) is 10.0. The van der Waals surface area contributed by atoms with Crippen molar-refractivity contribution in [2.45, 2.75) is 18.1 Å². The van der Waals surface area contributed by atoms with E-state index in [4.69, 9.17) is 4.74 Å². The number of aromatic nitrogens is 2. The molecule has 0 unspecified atom stereocenters. The molecule has 1 aromatic heterocycles. The lowest BCUT2D eigenvalue weighted by atomic mass is 10.1. The molecule has 0 spiro atoms. The molecule has 0 amide bonds. The van der Waals surface area contributed by atoms with E-state index in [1.165, 1.54) is 10.6 Å². The lowest BCUT2D eigenvalue weighted by molar-refractivity contribution is 0.102. The third kappa shape index (κ3) is 4.45. The summed E-state index contributed by atoms with van der Waals surface area (Å²) in [6.45, 7) is 0.878. The Morgan fingerprint density at radius 1 is 1.18 bits per heavy atom. The number of fused-ring (bicyclic) bond motifs is 1. The highest BCUT2D eigenvalue weighted by molar-refractivity contribution is 7.99. The Bertz CT molecular complexity index is 1070. The lowest BCUT2D eigenvalue weighted by Gasteiger charge is -2.12. The van der Waals surface area contributed by atoms with E-state index in [2.05, 4.69) is 4.98 Å². The Kier molecular flexibility index (Phi) is 6.53. The second-order valence-corrected chi connectivity index (χ2v) is 7.00. The summed E-state index contributed by atoms with van der Waals surface area (Å²) in [6.07, 6.45) is 0.612. The number of hydrogen-bond acceptors (Lipinski definition) is 5. The van der Waals surface area contributed by atoms with Gasteiger partial charge in [0.15, 0.2) is 22.6 Å². The average Bonchev–Trinajstić information content (AvgIpc) is 2.70. The summed E-state index contributed by atoms with van der Waals surface area (Å²) in [4.78, 5) is 29.7. The molecule has 8 heteroatoms. The first-order chi connectivity index (χ1) is 13.5. The highest BCUT2D eigenvalue weighted by Gasteiger charge is 2.15. The minimum Gasteiger partial charge on any atom is -0.385 e. The third-order valence-corrected chi connectivity index (χ3v) is 5.11. The zero-order chi connectivity index (χ0) is 20.1. The molecule has 28 heavy (non-hydrogen) atoms. The number of nitrogens with zero attached hydrogens (tertiary/aromatic N) is 2. The Balaban J connectivity index is 1.87. The summed E-state index contributed by atoms with van der Waals surface area (Å²) in [7, 11) is 1.58. The molecule has 0 aliphatic rings. The molecule has 0 atom stereocenters. The van der Waals surface area contributed by atoms with Crippen molar-refractivity contribution in [3.63, 3.8) is 0 Å². The first-order valence-corrected chi connectivity index (χ1v) is 9.59. The molecule has 1 heterocycles. The van der Waals surface area contributed by atoms with Gasteiger partial charge in [-0.15, -0.1) is 0 Å². The van der Waals surface area contributed by atoms with Crippen molar-refractivity contribution in [1.29, 1.82) is 0 Å². The number of carbonyl (C=O) groups excluding carboxylic acids is 1. The number of carbonyl (C=O) groups is 1. The largest absolute Gasteiger partial charge is 0.385 e. The van der Waals surface area contributed by atoms with E-state index in [-0.39, 0.29) is 22.7 Å². The number of ketones is 1. The molecule has 0 radical (unpaired) electrons. The molecular weight excluding hydrogens is 386 g/mol. The van der Waals surface area contributed by atoms with Gasteiger partial charge in [-0.3, -0.25) is 14.2 Å². The van der Waals surface area contributed by atoms with Crippen molar-refractivity contribution in [2.24, 2.45) is 0 Å². The van der Waals surface area contributed by atoms with Gasteiger partial charge in [-0.25, -0.2) is 13.8 Å². The molecule has 3 aromatic rings. The number of halogens is 2. The van der Waals surface area contributed by atoms with Gasteiger partial charge >= 0.3 is 0 Å². The Labute approximate surface area is 164 Å². The number of hydrogen-bond donors (Lipinski definition) is 0. The minimum atomic E-state index is -1.07. The predicted molar refractivity (Wildman–Crippen MR) is 104 cm³/mol. The summed E-state index contributed by atoms with van der Waals surface area (Å²) >= 11 is 1.09. The summed E-state index contributed by atoms with van der Waals surface area (Å²) in [5.74, 6) is -2.52. The summed E-state index contributed by atoms with van der Waals surface area (Å²) in [5.41, 5.74) is 0.420. The monoisotopic (exact) mass is 404 g/mol. The topological polar surface area (TPSA) is 61.2 Å². The maximum atomic E-state index is 13.4. The van der Waals surface area contributed by atoms with E-state index in [0.717, 1.165) is 23.9 Å². The lowest BCUT2D eigenvalue weighted by Crippen LogP contribution is -2.24.